The van der Waals surface area contributed by atoms with E-state index in [2.05, 4.69) is 0 Å². The van der Waals surface area contributed by atoms with E-state index < -0.39 is 11.6 Å². The third-order valence-corrected chi connectivity index (χ3v) is 2.39. The van der Waals surface area contributed by atoms with Crippen molar-refractivity contribution in [3.8, 4) is 0 Å². The van der Waals surface area contributed by atoms with Crippen molar-refractivity contribution in [2.24, 2.45) is 5.73 Å². The minimum Gasteiger partial charge on any atom is -0.327 e. The largest absolute Gasteiger partial charge is 0.327 e. The molecule has 1 aliphatic carbocycles. The van der Waals surface area contributed by atoms with Gasteiger partial charge in [0, 0.05) is 11.6 Å². The Morgan fingerprint density at radius 1 is 1.29 bits per heavy atom. The van der Waals surface area contributed by atoms with Crippen LogP contribution in [0.5, 0.6) is 0 Å². The first-order valence-corrected chi connectivity index (χ1v) is 4.56. The van der Waals surface area contributed by atoms with Gasteiger partial charge in [0.05, 0.1) is 0 Å². The molecule has 1 aromatic rings. The number of nitrogens with two attached hydrogens (primary N) is 1. The summed E-state index contributed by atoms with van der Waals surface area (Å²) in [4.78, 5) is 0. The second-order valence-corrected chi connectivity index (χ2v) is 3.61. The first-order valence-electron chi connectivity index (χ1n) is 4.56. The fraction of sp³-hybridized carbons (Fsp3) is 0.273. The molecule has 0 amide bonds. The van der Waals surface area contributed by atoms with Gasteiger partial charge in [0.15, 0.2) is 11.6 Å². The van der Waals surface area contributed by atoms with E-state index in [4.69, 9.17) is 5.73 Å². The Bertz CT molecular complexity index is 377. The maximum atomic E-state index is 13.2. The monoisotopic (exact) mass is 195 g/mol. The van der Waals surface area contributed by atoms with E-state index in [9.17, 15) is 8.78 Å². The van der Waals surface area contributed by atoms with Crippen LogP contribution >= 0.6 is 0 Å². The number of hydrogen-bond acceptors (Lipinski definition) is 1. The Balaban J connectivity index is 2.25. The molecule has 0 spiro atoms. The van der Waals surface area contributed by atoms with Gasteiger partial charge in [-0.2, -0.15) is 0 Å². The average molecular weight is 195 g/mol. The predicted molar refractivity (Wildman–Crippen MR) is 51.5 cm³/mol. The zero-order valence-corrected chi connectivity index (χ0v) is 7.63. The molecule has 1 saturated carbocycles. The lowest BCUT2D eigenvalue weighted by molar-refractivity contribution is 0.505. The van der Waals surface area contributed by atoms with Crippen molar-refractivity contribution >= 4 is 6.08 Å². The van der Waals surface area contributed by atoms with Crippen LogP contribution in [0.3, 0.4) is 0 Å². The molecule has 0 heterocycles. The molecular weight excluding hydrogens is 184 g/mol. The Hall–Kier alpha value is -1.22. The van der Waals surface area contributed by atoms with E-state index in [1.807, 2.05) is 0 Å². The van der Waals surface area contributed by atoms with Gasteiger partial charge in [0.1, 0.15) is 0 Å². The summed E-state index contributed by atoms with van der Waals surface area (Å²) in [6.45, 7) is 0. The van der Waals surface area contributed by atoms with E-state index in [0.717, 1.165) is 24.5 Å². The van der Waals surface area contributed by atoms with Crippen LogP contribution in [-0.4, -0.2) is 6.04 Å². The normalized spacial score (nSPS) is 20.5. The summed E-state index contributed by atoms with van der Waals surface area (Å²) in [5.41, 5.74) is 6.98. The molecule has 2 rings (SSSR count). The molecule has 2 N–H and O–H groups in total. The summed E-state index contributed by atoms with van der Waals surface area (Å²) in [5.74, 6) is -1.58. The molecule has 0 atom stereocenters. The van der Waals surface area contributed by atoms with Crippen LogP contribution in [0.4, 0.5) is 8.78 Å². The smallest absolute Gasteiger partial charge is 0.166 e. The molecule has 0 radical (unpaired) electrons. The quantitative estimate of drug-likeness (QED) is 0.731. The summed E-state index contributed by atoms with van der Waals surface area (Å²) in [6, 6.07) is 4.38. The number of hydrogen-bond donors (Lipinski definition) is 1. The molecule has 0 saturated heterocycles. The molecule has 1 aromatic carbocycles. The van der Waals surface area contributed by atoms with E-state index in [1.54, 1.807) is 12.1 Å². The molecule has 3 heteroatoms. The van der Waals surface area contributed by atoms with Crippen molar-refractivity contribution < 1.29 is 8.78 Å². The molecule has 1 fully saturated rings. The second-order valence-electron chi connectivity index (χ2n) is 3.61. The molecule has 0 aliphatic heterocycles. The second kappa shape index (κ2) is 3.50. The van der Waals surface area contributed by atoms with Gasteiger partial charge in [-0.05, 0) is 18.9 Å². The van der Waals surface area contributed by atoms with Crippen molar-refractivity contribution in [3.05, 3.63) is 41.0 Å². The fourth-order valence-electron chi connectivity index (χ4n) is 1.58. The van der Waals surface area contributed by atoms with Gasteiger partial charge in [-0.15, -0.1) is 0 Å². The highest BCUT2D eigenvalue weighted by molar-refractivity contribution is 5.55. The number of rotatable bonds is 1. The van der Waals surface area contributed by atoms with Crippen molar-refractivity contribution in [3.63, 3.8) is 0 Å². The maximum absolute atomic E-state index is 13.2. The lowest BCUT2D eigenvalue weighted by Crippen LogP contribution is -2.29. The van der Waals surface area contributed by atoms with Crippen molar-refractivity contribution in [1.29, 1.82) is 0 Å². The SMILES string of the molecule is NC1CC(=Cc2cccc(F)c2F)C1. The fourth-order valence-corrected chi connectivity index (χ4v) is 1.58. The third kappa shape index (κ3) is 1.68. The van der Waals surface area contributed by atoms with Crippen LogP contribution in [0, 0.1) is 11.6 Å². The van der Waals surface area contributed by atoms with Crippen LogP contribution in [0.1, 0.15) is 18.4 Å². The molecular formula is C11H11F2N. The van der Waals surface area contributed by atoms with Crippen molar-refractivity contribution in [2.75, 3.05) is 0 Å². The Morgan fingerprint density at radius 3 is 2.64 bits per heavy atom. The molecule has 74 valence electrons. The van der Waals surface area contributed by atoms with Gasteiger partial charge >= 0.3 is 0 Å². The highest BCUT2D eigenvalue weighted by atomic mass is 19.2. The van der Waals surface area contributed by atoms with E-state index in [0.29, 0.717) is 5.56 Å². The third-order valence-electron chi connectivity index (χ3n) is 2.39. The van der Waals surface area contributed by atoms with Gasteiger partial charge in [-0.1, -0.05) is 23.8 Å². The van der Waals surface area contributed by atoms with Crippen LogP contribution in [-0.2, 0) is 0 Å². The first-order chi connectivity index (χ1) is 6.66. The summed E-state index contributed by atoms with van der Waals surface area (Å²) in [5, 5.41) is 0. The molecule has 0 aromatic heterocycles. The number of benzene rings is 1. The lowest BCUT2D eigenvalue weighted by atomic mass is 9.86. The molecule has 1 nitrogen and oxygen atoms in total. The van der Waals surface area contributed by atoms with E-state index in [1.165, 1.54) is 6.07 Å². The van der Waals surface area contributed by atoms with Crippen LogP contribution < -0.4 is 5.73 Å². The standard InChI is InChI=1S/C11H11F2N/c12-10-3-1-2-8(11(10)13)4-7-5-9(14)6-7/h1-4,9H,5-6,14H2. The van der Waals surface area contributed by atoms with Crippen molar-refractivity contribution in [2.45, 2.75) is 18.9 Å². The molecule has 14 heavy (non-hydrogen) atoms. The van der Waals surface area contributed by atoms with E-state index in [-0.39, 0.29) is 6.04 Å². The van der Waals surface area contributed by atoms with Gasteiger partial charge in [0.25, 0.3) is 0 Å². The van der Waals surface area contributed by atoms with Gasteiger partial charge in [-0.3, -0.25) is 0 Å². The van der Waals surface area contributed by atoms with Crippen LogP contribution in [0.25, 0.3) is 6.08 Å². The minimum absolute atomic E-state index is 0.192. The van der Waals surface area contributed by atoms with Gasteiger partial charge in [-0.25, -0.2) is 8.78 Å². The highest BCUT2D eigenvalue weighted by Crippen LogP contribution is 2.27. The Kier molecular flexibility index (Phi) is 2.33. The van der Waals surface area contributed by atoms with E-state index >= 15 is 0 Å². The Morgan fingerprint density at radius 2 is 2.00 bits per heavy atom. The molecule has 0 bridgehead atoms. The number of halogens is 2. The summed E-state index contributed by atoms with van der Waals surface area (Å²) < 4.78 is 26.0. The van der Waals surface area contributed by atoms with Crippen LogP contribution in [0.2, 0.25) is 0 Å². The van der Waals surface area contributed by atoms with Crippen LogP contribution in [0.15, 0.2) is 23.8 Å². The summed E-state index contributed by atoms with van der Waals surface area (Å²) in [6.07, 6.45) is 3.26. The maximum Gasteiger partial charge on any atom is 0.166 e. The summed E-state index contributed by atoms with van der Waals surface area (Å²) >= 11 is 0. The topological polar surface area (TPSA) is 26.0 Å². The predicted octanol–water partition coefficient (Wildman–Crippen LogP) is 2.47. The zero-order chi connectivity index (χ0) is 10.1. The van der Waals surface area contributed by atoms with Gasteiger partial charge in [0.2, 0.25) is 0 Å². The first kappa shape index (κ1) is 9.34. The van der Waals surface area contributed by atoms with Gasteiger partial charge < -0.3 is 5.73 Å². The Labute approximate surface area is 81.2 Å². The zero-order valence-electron chi connectivity index (χ0n) is 7.63. The highest BCUT2D eigenvalue weighted by Gasteiger charge is 2.19. The molecule has 0 unspecified atom stereocenters. The summed E-state index contributed by atoms with van der Waals surface area (Å²) in [7, 11) is 0. The average Bonchev–Trinajstić information content (AvgIpc) is 2.10. The van der Waals surface area contributed by atoms with Crippen molar-refractivity contribution in [1.82, 2.24) is 0 Å². The minimum atomic E-state index is -0.803. The molecule has 1 aliphatic rings. The lowest BCUT2D eigenvalue weighted by Gasteiger charge is -2.25.